The number of hydrogen-bond acceptors (Lipinski definition) is 3. The second-order valence-corrected chi connectivity index (χ2v) is 1.30. The van der Waals surface area contributed by atoms with Crippen LogP contribution in [0.5, 0.6) is 0 Å². The van der Waals surface area contributed by atoms with Gasteiger partial charge in [0, 0.05) is 6.92 Å². The molecule has 0 spiro atoms. The Bertz CT molecular complexity index is 77.7. The Balaban J connectivity index is 0. The molecule has 5 heteroatoms. The van der Waals surface area contributed by atoms with Gasteiger partial charge in [-0.2, -0.15) is 0 Å². The van der Waals surface area contributed by atoms with E-state index in [2.05, 4.69) is 0 Å². The van der Waals surface area contributed by atoms with Crippen molar-refractivity contribution in [2.45, 2.75) is 6.92 Å². The Labute approximate surface area is 55.1 Å². The summed E-state index contributed by atoms with van der Waals surface area (Å²) in [5, 5.41) is 7.42. The SMILES string of the molecule is CC(=O)O.[O]=[U]=[O]. The van der Waals surface area contributed by atoms with E-state index in [0.717, 1.165) is 6.92 Å². The molecule has 0 aliphatic rings. The summed E-state index contributed by atoms with van der Waals surface area (Å²) in [6.45, 7) is 1.08. The van der Waals surface area contributed by atoms with Crippen molar-refractivity contribution in [2.75, 3.05) is 0 Å². The number of rotatable bonds is 0. The van der Waals surface area contributed by atoms with E-state index in [-0.39, 0.29) is 0 Å². The maximum atomic E-state index is 9.00. The van der Waals surface area contributed by atoms with Crippen molar-refractivity contribution in [3.05, 3.63) is 0 Å². The molecule has 0 aliphatic heterocycles. The molecule has 0 radical (unpaired) electrons. The van der Waals surface area contributed by atoms with E-state index in [1.807, 2.05) is 0 Å². The van der Waals surface area contributed by atoms with Gasteiger partial charge in [-0.15, -0.1) is 0 Å². The molecule has 0 aliphatic carbocycles. The van der Waals surface area contributed by atoms with E-state index in [4.69, 9.17) is 14.4 Å². The summed E-state index contributed by atoms with van der Waals surface area (Å²) < 4.78 is 17.2. The average molecular weight is 330 g/mol. The van der Waals surface area contributed by atoms with E-state index in [9.17, 15) is 0 Å². The van der Waals surface area contributed by atoms with Crippen molar-refractivity contribution in [1.29, 1.82) is 0 Å². The first-order chi connectivity index (χ1) is 3.15. The molecule has 0 amide bonds. The van der Waals surface area contributed by atoms with Gasteiger partial charge < -0.3 is 5.11 Å². The Morgan fingerprint density at radius 1 is 1.57 bits per heavy atom. The van der Waals surface area contributed by atoms with Gasteiger partial charge in [-0.3, -0.25) is 4.79 Å². The second kappa shape index (κ2) is 9.45. The molecule has 0 atom stereocenters. The summed E-state index contributed by atoms with van der Waals surface area (Å²) in [6, 6.07) is 0. The number of carboxylic acid groups (broad SMARTS) is 1. The van der Waals surface area contributed by atoms with Crippen LogP contribution in [0.15, 0.2) is 0 Å². The van der Waals surface area contributed by atoms with Crippen molar-refractivity contribution < 1.29 is 42.2 Å². The molecule has 0 heterocycles. The molecule has 0 aromatic carbocycles. The molecule has 0 aromatic rings. The summed E-state index contributed by atoms with van der Waals surface area (Å²) in [5.74, 6) is -0.833. The molecule has 1 N–H and O–H groups in total. The van der Waals surface area contributed by atoms with E-state index in [1.54, 1.807) is 0 Å². The molecule has 0 rings (SSSR count). The summed E-state index contributed by atoms with van der Waals surface area (Å²) in [5.41, 5.74) is 0. The number of hydrogen-bond donors (Lipinski definition) is 1. The van der Waals surface area contributed by atoms with Gasteiger partial charge in [-0.1, -0.05) is 0 Å². The third kappa shape index (κ3) is 6990. The van der Waals surface area contributed by atoms with Crippen molar-refractivity contribution in [2.24, 2.45) is 0 Å². The fourth-order valence-corrected chi connectivity index (χ4v) is 0. The Morgan fingerprint density at radius 2 is 1.57 bits per heavy atom. The molecule has 40 valence electrons. The minimum absolute atomic E-state index is 0.833. The van der Waals surface area contributed by atoms with Gasteiger partial charge in [0.15, 0.2) is 0 Å². The fourth-order valence-electron chi connectivity index (χ4n) is 0. The quantitative estimate of drug-likeness (QED) is 0.671. The fraction of sp³-hybridized carbons (Fsp3) is 0.500. The van der Waals surface area contributed by atoms with Gasteiger partial charge in [0.05, 0.1) is 0 Å². The van der Waals surface area contributed by atoms with Gasteiger partial charge in [-0.25, -0.2) is 0 Å². The summed E-state index contributed by atoms with van der Waals surface area (Å²) in [7, 11) is 0. The third-order valence-corrected chi connectivity index (χ3v) is 0. The zero-order chi connectivity index (χ0) is 6.28. The van der Waals surface area contributed by atoms with Gasteiger partial charge in [0.25, 0.3) is 5.97 Å². The van der Waals surface area contributed by atoms with Gasteiger partial charge in [0.1, 0.15) is 0 Å². The van der Waals surface area contributed by atoms with E-state index < -0.39 is 33.8 Å². The third-order valence-electron chi connectivity index (χ3n) is 0. The molecule has 0 unspecified atom stereocenters. The Hall–Kier alpha value is 0.122. The number of carbonyl (C=O) groups is 1. The van der Waals surface area contributed by atoms with E-state index in [0.29, 0.717) is 0 Å². The zero-order valence-corrected chi connectivity index (χ0v) is 7.84. The Morgan fingerprint density at radius 3 is 1.57 bits per heavy atom. The van der Waals surface area contributed by atoms with Crippen LogP contribution in [0.3, 0.4) is 0 Å². The van der Waals surface area contributed by atoms with Crippen LogP contribution >= 0.6 is 0 Å². The van der Waals surface area contributed by atoms with Crippen LogP contribution in [0.25, 0.3) is 0 Å². The van der Waals surface area contributed by atoms with Crippen molar-refractivity contribution in [3.63, 3.8) is 0 Å². The molecular formula is C2H4O4U. The molecule has 7 heavy (non-hydrogen) atoms. The van der Waals surface area contributed by atoms with Crippen LogP contribution in [-0.4, -0.2) is 11.1 Å². The first-order valence-corrected chi connectivity index (χ1v) is 4.74. The van der Waals surface area contributed by atoms with E-state index in [1.165, 1.54) is 0 Å². The van der Waals surface area contributed by atoms with Crippen molar-refractivity contribution in [3.8, 4) is 0 Å². The topological polar surface area (TPSA) is 71.4 Å². The molecule has 0 saturated carbocycles. The van der Waals surface area contributed by atoms with Crippen LogP contribution in [0.2, 0.25) is 0 Å². The van der Waals surface area contributed by atoms with Gasteiger partial charge >= 0.3 is 32.3 Å². The van der Waals surface area contributed by atoms with Crippen LogP contribution in [0.1, 0.15) is 6.92 Å². The molecule has 4 nitrogen and oxygen atoms in total. The molecule has 0 saturated heterocycles. The van der Waals surface area contributed by atoms with Crippen molar-refractivity contribution >= 4 is 5.97 Å². The summed E-state index contributed by atoms with van der Waals surface area (Å²) in [6.07, 6.45) is 0. The van der Waals surface area contributed by atoms with Gasteiger partial charge in [0.2, 0.25) is 0 Å². The minimum atomic E-state index is -2.51. The molecule has 0 fully saturated rings. The zero-order valence-electron chi connectivity index (χ0n) is 3.67. The monoisotopic (exact) mass is 330 g/mol. The maximum absolute atomic E-state index is 9.00. The first-order valence-electron chi connectivity index (χ1n) is 1.34. The number of carboxylic acids is 1. The standard InChI is InChI=1S/C2H4O2.2O.U/c1-2(3)4;;;/h1H3,(H,3,4);;;. The average Bonchev–Trinajstić information content (AvgIpc) is 1.33. The molecule has 0 aromatic heterocycles. The van der Waals surface area contributed by atoms with Crippen LogP contribution in [-0.2, 0) is 9.27 Å². The van der Waals surface area contributed by atoms with Crippen LogP contribution < -0.4 is 0 Å². The predicted molar refractivity (Wildman–Crippen MR) is 14.7 cm³/mol. The predicted octanol–water partition coefficient (Wildman–Crippen LogP) is -0.147. The van der Waals surface area contributed by atoms with Crippen molar-refractivity contribution in [1.82, 2.24) is 0 Å². The first kappa shape index (κ1) is 10.2. The van der Waals surface area contributed by atoms with E-state index >= 15 is 0 Å². The summed E-state index contributed by atoms with van der Waals surface area (Å²) >= 11 is -2.51. The number of aliphatic carboxylic acids is 1. The Kier molecular flexibility index (Phi) is 13.7. The molecular weight excluding hydrogens is 326 g/mol. The second-order valence-electron chi connectivity index (χ2n) is 0.602. The summed E-state index contributed by atoms with van der Waals surface area (Å²) in [4.78, 5) is 9.00. The van der Waals surface area contributed by atoms with Gasteiger partial charge in [-0.05, 0) is 0 Å². The van der Waals surface area contributed by atoms with Crippen LogP contribution in [0.4, 0.5) is 0 Å². The normalized spacial score (nSPS) is 4.71. The van der Waals surface area contributed by atoms with Crippen LogP contribution in [0, 0.1) is 27.8 Å². The molecule has 0 bridgehead atoms.